The molecule has 1 fully saturated rings. The number of likely N-dealkylation sites (tertiary alicyclic amines) is 1. The topological polar surface area (TPSA) is 70.8 Å². The predicted octanol–water partition coefficient (Wildman–Crippen LogP) is 2.22. The first-order valence-corrected chi connectivity index (χ1v) is 6.76. The summed E-state index contributed by atoms with van der Waals surface area (Å²) in [5, 5.41) is 9.42. The highest BCUT2D eigenvalue weighted by atomic mass is 16.4. The minimum Gasteiger partial charge on any atom is -0.481 e. The molecule has 0 spiro atoms. The van der Waals surface area contributed by atoms with Gasteiger partial charge in [-0.3, -0.25) is 9.59 Å². The van der Waals surface area contributed by atoms with E-state index in [1.165, 1.54) is 12.5 Å². The van der Waals surface area contributed by atoms with E-state index >= 15 is 0 Å². The molecule has 2 heterocycles. The van der Waals surface area contributed by atoms with Gasteiger partial charge in [0.2, 0.25) is 0 Å². The molecule has 2 atom stereocenters. The fourth-order valence-corrected chi connectivity index (χ4v) is 2.83. The Morgan fingerprint density at radius 1 is 1.14 bits per heavy atom. The fraction of sp³-hybridized carbons (Fsp3) is 0.250. The lowest BCUT2D eigenvalue weighted by Crippen LogP contribution is -2.29. The van der Waals surface area contributed by atoms with Crippen molar-refractivity contribution in [3.8, 4) is 0 Å². The number of nitrogens with zero attached hydrogens (tertiary/aromatic N) is 1. The third kappa shape index (κ3) is 2.54. The molecule has 5 heteroatoms. The first-order valence-electron chi connectivity index (χ1n) is 6.76. The predicted molar refractivity (Wildman–Crippen MR) is 74.9 cm³/mol. The summed E-state index contributed by atoms with van der Waals surface area (Å²) < 4.78 is 4.92. The minimum atomic E-state index is -0.869. The molecular formula is C16H15NO4. The van der Waals surface area contributed by atoms with Crippen LogP contribution in [0.2, 0.25) is 0 Å². The summed E-state index contributed by atoms with van der Waals surface area (Å²) in [7, 11) is 0. The molecule has 5 nitrogen and oxygen atoms in total. The lowest BCUT2D eigenvalue weighted by atomic mass is 9.89. The zero-order chi connectivity index (χ0) is 14.8. The van der Waals surface area contributed by atoms with E-state index in [1.54, 1.807) is 11.0 Å². The van der Waals surface area contributed by atoms with Gasteiger partial charge in [0, 0.05) is 19.0 Å². The molecule has 1 N–H and O–H groups in total. The third-order valence-corrected chi connectivity index (χ3v) is 3.92. The summed E-state index contributed by atoms with van der Waals surface area (Å²) in [4.78, 5) is 25.4. The molecule has 0 bridgehead atoms. The van der Waals surface area contributed by atoms with Crippen LogP contribution in [0.5, 0.6) is 0 Å². The van der Waals surface area contributed by atoms with Crippen LogP contribution in [0, 0.1) is 5.92 Å². The smallest absolute Gasteiger partial charge is 0.308 e. The molecule has 1 aliphatic heterocycles. The largest absolute Gasteiger partial charge is 0.481 e. The maximum atomic E-state index is 12.3. The summed E-state index contributed by atoms with van der Waals surface area (Å²) in [5.74, 6) is -1.82. The van der Waals surface area contributed by atoms with Gasteiger partial charge in [-0.15, -0.1) is 0 Å². The molecular weight excluding hydrogens is 270 g/mol. The lowest BCUT2D eigenvalue weighted by Gasteiger charge is -2.15. The quantitative estimate of drug-likeness (QED) is 0.938. The molecule has 1 aromatic carbocycles. The molecule has 108 valence electrons. The van der Waals surface area contributed by atoms with Crippen LogP contribution >= 0.6 is 0 Å². The van der Waals surface area contributed by atoms with Gasteiger partial charge in [0.15, 0.2) is 0 Å². The maximum absolute atomic E-state index is 12.3. The lowest BCUT2D eigenvalue weighted by molar-refractivity contribution is -0.141. The highest BCUT2D eigenvalue weighted by Gasteiger charge is 2.40. The van der Waals surface area contributed by atoms with Gasteiger partial charge in [-0.2, -0.15) is 0 Å². The first-order chi connectivity index (χ1) is 10.2. The van der Waals surface area contributed by atoms with Crippen molar-refractivity contribution in [1.82, 2.24) is 4.90 Å². The second kappa shape index (κ2) is 5.44. The SMILES string of the molecule is O=C(O)C1CN(C(=O)c2ccoc2)CC1c1ccccc1. The number of benzene rings is 1. The number of carbonyl (C=O) groups excluding carboxylic acids is 1. The molecule has 1 amide bonds. The number of carboxylic acid groups (broad SMARTS) is 1. The highest BCUT2D eigenvalue weighted by Crippen LogP contribution is 2.33. The van der Waals surface area contributed by atoms with E-state index in [4.69, 9.17) is 4.42 Å². The van der Waals surface area contributed by atoms with Gasteiger partial charge in [0.05, 0.1) is 17.7 Å². The van der Waals surface area contributed by atoms with Crippen LogP contribution < -0.4 is 0 Å². The summed E-state index contributed by atoms with van der Waals surface area (Å²) in [6.07, 6.45) is 2.82. The zero-order valence-corrected chi connectivity index (χ0v) is 11.3. The van der Waals surface area contributed by atoms with Crippen LogP contribution in [0.15, 0.2) is 53.3 Å². The van der Waals surface area contributed by atoms with Gasteiger partial charge < -0.3 is 14.4 Å². The van der Waals surface area contributed by atoms with Crippen LogP contribution in [0.25, 0.3) is 0 Å². The first kappa shape index (κ1) is 13.4. The number of hydrogen-bond acceptors (Lipinski definition) is 3. The maximum Gasteiger partial charge on any atom is 0.308 e. The summed E-state index contributed by atoms with van der Waals surface area (Å²) in [6.45, 7) is 0.629. The Morgan fingerprint density at radius 3 is 2.52 bits per heavy atom. The average molecular weight is 285 g/mol. The molecule has 0 radical (unpaired) electrons. The zero-order valence-electron chi connectivity index (χ0n) is 11.3. The Kier molecular flexibility index (Phi) is 3.48. The van der Waals surface area contributed by atoms with E-state index in [9.17, 15) is 14.7 Å². The van der Waals surface area contributed by atoms with Crippen LogP contribution in [-0.2, 0) is 4.79 Å². The van der Waals surface area contributed by atoms with E-state index in [2.05, 4.69) is 0 Å². The normalized spacial score (nSPS) is 21.4. The summed E-state index contributed by atoms with van der Waals surface area (Å²) in [5.41, 5.74) is 1.40. The Labute approximate surface area is 121 Å². The number of furan rings is 1. The molecule has 21 heavy (non-hydrogen) atoms. The van der Waals surface area contributed by atoms with Crippen molar-refractivity contribution in [2.75, 3.05) is 13.1 Å². The van der Waals surface area contributed by atoms with E-state index in [0.717, 1.165) is 5.56 Å². The van der Waals surface area contributed by atoms with Crippen molar-refractivity contribution in [2.24, 2.45) is 5.92 Å². The van der Waals surface area contributed by atoms with Crippen molar-refractivity contribution in [3.63, 3.8) is 0 Å². The molecule has 1 saturated heterocycles. The second-order valence-electron chi connectivity index (χ2n) is 5.18. The van der Waals surface area contributed by atoms with Crippen LogP contribution in [0.4, 0.5) is 0 Å². The van der Waals surface area contributed by atoms with Crippen LogP contribution in [-0.4, -0.2) is 35.0 Å². The molecule has 0 aliphatic carbocycles. The number of hydrogen-bond donors (Lipinski definition) is 1. The van der Waals surface area contributed by atoms with Crippen LogP contribution in [0.3, 0.4) is 0 Å². The van der Waals surface area contributed by atoms with E-state index < -0.39 is 11.9 Å². The number of amides is 1. The van der Waals surface area contributed by atoms with Gasteiger partial charge in [0.25, 0.3) is 5.91 Å². The monoisotopic (exact) mass is 285 g/mol. The number of rotatable bonds is 3. The standard InChI is InChI=1S/C16H15NO4/c18-15(12-6-7-21-10-12)17-8-13(14(9-17)16(19)20)11-4-2-1-3-5-11/h1-7,10,13-14H,8-9H2,(H,19,20). The summed E-state index contributed by atoms with van der Waals surface area (Å²) in [6, 6.07) is 11.1. The van der Waals surface area contributed by atoms with E-state index in [0.29, 0.717) is 12.1 Å². The molecule has 2 aromatic rings. The minimum absolute atomic E-state index is 0.181. The number of aliphatic carboxylic acids is 1. The third-order valence-electron chi connectivity index (χ3n) is 3.92. The molecule has 0 saturated carbocycles. The molecule has 2 unspecified atom stereocenters. The molecule has 1 aromatic heterocycles. The van der Waals surface area contributed by atoms with Crippen molar-refractivity contribution < 1.29 is 19.1 Å². The van der Waals surface area contributed by atoms with Crippen molar-refractivity contribution in [1.29, 1.82) is 0 Å². The van der Waals surface area contributed by atoms with Gasteiger partial charge in [-0.25, -0.2) is 0 Å². The number of carboxylic acids is 1. The molecule has 1 aliphatic rings. The summed E-state index contributed by atoms with van der Waals surface area (Å²) >= 11 is 0. The van der Waals surface area contributed by atoms with Gasteiger partial charge in [0.1, 0.15) is 6.26 Å². The van der Waals surface area contributed by atoms with Gasteiger partial charge >= 0.3 is 5.97 Å². The van der Waals surface area contributed by atoms with Crippen molar-refractivity contribution >= 4 is 11.9 Å². The Balaban J connectivity index is 1.85. The van der Waals surface area contributed by atoms with E-state index in [-0.39, 0.29) is 18.4 Å². The number of carbonyl (C=O) groups is 2. The van der Waals surface area contributed by atoms with Gasteiger partial charge in [-0.1, -0.05) is 30.3 Å². The average Bonchev–Trinajstić information content (AvgIpc) is 3.17. The second-order valence-corrected chi connectivity index (χ2v) is 5.18. The Morgan fingerprint density at radius 2 is 1.90 bits per heavy atom. The molecule has 3 rings (SSSR count). The van der Waals surface area contributed by atoms with Crippen molar-refractivity contribution in [2.45, 2.75) is 5.92 Å². The Hall–Kier alpha value is -2.56. The van der Waals surface area contributed by atoms with Crippen molar-refractivity contribution in [3.05, 3.63) is 60.1 Å². The fourth-order valence-electron chi connectivity index (χ4n) is 2.83. The Bertz CT molecular complexity index is 636. The highest BCUT2D eigenvalue weighted by molar-refractivity contribution is 5.94. The van der Waals surface area contributed by atoms with Crippen LogP contribution in [0.1, 0.15) is 21.8 Å². The van der Waals surface area contributed by atoms with Gasteiger partial charge in [-0.05, 0) is 11.6 Å². The van der Waals surface area contributed by atoms with E-state index in [1.807, 2.05) is 30.3 Å².